The summed E-state index contributed by atoms with van der Waals surface area (Å²) >= 11 is 1.51. The maximum Gasteiger partial charge on any atom is 0.259 e. The molecule has 5 nitrogen and oxygen atoms in total. The largest absolute Gasteiger partial charge is 0.469 e. The Kier molecular flexibility index (Phi) is 4.36. The van der Waals surface area contributed by atoms with Crippen LogP contribution < -0.4 is 11.1 Å². The summed E-state index contributed by atoms with van der Waals surface area (Å²) in [7, 11) is 0. The number of hydrogen-bond donors (Lipinski definition) is 2. The number of nitrogens with one attached hydrogen (secondary N) is 1. The summed E-state index contributed by atoms with van der Waals surface area (Å²) in [5, 5.41) is 3.12. The van der Waals surface area contributed by atoms with Crippen LogP contribution >= 0.6 is 11.8 Å². The Morgan fingerprint density at radius 1 is 1.46 bits per heavy atom. The molecule has 1 amide bonds. The van der Waals surface area contributed by atoms with E-state index >= 15 is 0 Å². The molecule has 0 saturated heterocycles. The van der Waals surface area contributed by atoms with Crippen LogP contribution in [0.25, 0.3) is 0 Å². The fourth-order valence-corrected chi connectivity index (χ4v) is 3.64. The molecule has 0 aliphatic carbocycles. The van der Waals surface area contributed by atoms with Crippen molar-refractivity contribution in [1.29, 1.82) is 0 Å². The van der Waals surface area contributed by atoms with Crippen LogP contribution in [0, 0.1) is 12.7 Å². The number of amidine groups is 1. The van der Waals surface area contributed by atoms with Crippen molar-refractivity contribution in [3.63, 3.8) is 0 Å². The first-order chi connectivity index (χ1) is 11.4. The van der Waals surface area contributed by atoms with E-state index in [1.54, 1.807) is 25.1 Å². The van der Waals surface area contributed by atoms with Gasteiger partial charge in [0.1, 0.15) is 11.6 Å². The topological polar surface area (TPSA) is 80.6 Å². The molecule has 0 saturated carbocycles. The van der Waals surface area contributed by atoms with Crippen molar-refractivity contribution in [2.75, 3.05) is 11.1 Å². The van der Waals surface area contributed by atoms with Crippen molar-refractivity contribution in [2.24, 2.45) is 10.7 Å². The van der Waals surface area contributed by atoms with Gasteiger partial charge in [0.15, 0.2) is 5.17 Å². The van der Waals surface area contributed by atoms with Crippen LogP contribution in [-0.4, -0.2) is 16.8 Å². The molecular formula is C17H18FN3O2S. The van der Waals surface area contributed by atoms with Crippen LogP contribution in [0.1, 0.15) is 35.0 Å². The molecular weight excluding hydrogens is 329 g/mol. The second-order valence-corrected chi connectivity index (χ2v) is 6.98. The monoisotopic (exact) mass is 347 g/mol. The molecule has 2 aromatic rings. The SMILES string of the molecule is Cc1occc1C(=O)Nc1cc(C2(C)CCSC(N)=N2)ccc1F. The number of anilines is 1. The molecule has 1 aliphatic rings. The number of carbonyl (C=O) groups is 1. The first kappa shape index (κ1) is 16.6. The molecule has 1 aromatic carbocycles. The number of rotatable bonds is 3. The molecule has 1 unspecified atom stereocenters. The molecule has 3 N–H and O–H groups in total. The van der Waals surface area contributed by atoms with E-state index < -0.39 is 17.3 Å². The molecule has 24 heavy (non-hydrogen) atoms. The third-order valence-electron chi connectivity index (χ3n) is 4.14. The Morgan fingerprint density at radius 2 is 2.25 bits per heavy atom. The smallest absolute Gasteiger partial charge is 0.259 e. The summed E-state index contributed by atoms with van der Waals surface area (Å²) in [6.07, 6.45) is 2.22. The number of amides is 1. The molecule has 1 atom stereocenters. The number of furan rings is 1. The molecule has 3 rings (SSSR count). The lowest BCUT2D eigenvalue weighted by Gasteiger charge is -2.30. The van der Waals surface area contributed by atoms with Crippen LogP contribution in [0.2, 0.25) is 0 Å². The number of nitrogens with two attached hydrogens (primary N) is 1. The van der Waals surface area contributed by atoms with E-state index in [1.165, 1.54) is 24.1 Å². The van der Waals surface area contributed by atoms with Gasteiger partial charge in [-0.15, -0.1) is 0 Å². The second-order valence-electron chi connectivity index (χ2n) is 5.86. The quantitative estimate of drug-likeness (QED) is 0.888. The van der Waals surface area contributed by atoms with E-state index in [4.69, 9.17) is 10.2 Å². The van der Waals surface area contributed by atoms with Gasteiger partial charge in [0.2, 0.25) is 0 Å². The van der Waals surface area contributed by atoms with Crippen LogP contribution in [0.15, 0.2) is 39.9 Å². The number of nitrogens with zero attached hydrogens (tertiary/aromatic N) is 1. The average Bonchev–Trinajstić information content (AvgIpc) is 2.95. The summed E-state index contributed by atoms with van der Waals surface area (Å²) in [6, 6.07) is 6.19. The number of halogens is 1. The minimum absolute atomic E-state index is 0.117. The summed E-state index contributed by atoms with van der Waals surface area (Å²) < 4.78 is 19.2. The number of carbonyl (C=O) groups excluding carboxylic acids is 1. The number of hydrogen-bond acceptors (Lipinski definition) is 5. The molecule has 0 spiro atoms. The van der Waals surface area contributed by atoms with Gasteiger partial charge in [-0.2, -0.15) is 0 Å². The van der Waals surface area contributed by atoms with E-state index in [2.05, 4.69) is 10.3 Å². The van der Waals surface area contributed by atoms with Crippen molar-refractivity contribution in [3.05, 3.63) is 53.2 Å². The van der Waals surface area contributed by atoms with E-state index in [0.29, 0.717) is 16.5 Å². The van der Waals surface area contributed by atoms with Crippen molar-refractivity contribution in [3.8, 4) is 0 Å². The Morgan fingerprint density at radius 3 is 2.92 bits per heavy atom. The van der Waals surface area contributed by atoms with E-state index in [9.17, 15) is 9.18 Å². The molecule has 0 fully saturated rings. The van der Waals surface area contributed by atoms with Gasteiger partial charge >= 0.3 is 0 Å². The summed E-state index contributed by atoms with van der Waals surface area (Å²) in [6.45, 7) is 3.64. The maximum atomic E-state index is 14.1. The van der Waals surface area contributed by atoms with Gasteiger partial charge in [0, 0.05) is 5.75 Å². The highest BCUT2D eigenvalue weighted by Gasteiger charge is 2.30. The van der Waals surface area contributed by atoms with Crippen LogP contribution in [0.3, 0.4) is 0 Å². The Labute approximate surface area is 143 Å². The highest BCUT2D eigenvalue weighted by Crippen LogP contribution is 2.36. The lowest BCUT2D eigenvalue weighted by molar-refractivity contribution is 0.102. The highest BCUT2D eigenvalue weighted by atomic mass is 32.2. The van der Waals surface area contributed by atoms with Crippen LogP contribution in [0.5, 0.6) is 0 Å². The molecule has 0 radical (unpaired) electrons. The van der Waals surface area contributed by atoms with Crippen molar-refractivity contribution in [2.45, 2.75) is 25.8 Å². The second kappa shape index (κ2) is 6.32. The predicted molar refractivity (Wildman–Crippen MR) is 93.8 cm³/mol. The highest BCUT2D eigenvalue weighted by molar-refractivity contribution is 8.13. The first-order valence-electron chi connectivity index (χ1n) is 7.53. The Hall–Kier alpha value is -2.28. The molecule has 1 aromatic heterocycles. The Balaban J connectivity index is 1.91. The van der Waals surface area contributed by atoms with Crippen molar-refractivity contribution < 1.29 is 13.6 Å². The summed E-state index contributed by atoms with van der Waals surface area (Å²) in [4.78, 5) is 16.8. The van der Waals surface area contributed by atoms with E-state index in [1.807, 2.05) is 6.92 Å². The molecule has 1 aliphatic heterocycles. The summed E-state index contributed by atoms with van der Waals surface area (Å²) in [5.41, 5.74) is 6.62. The van der Waals surface area contributed by atoms with Crippen molar-refractivity contribution in [1.82, 2.24) is 0 Å². The average molecular weight is 347 g/mol. The minimum atomic E-state index is -0.520. The van der Waals surface area contributed by atoms with E-state index in [0.717, 1.165) is 17.7 Å². The lowest BCUT2D eigenvalue weighted by Crippen LogP contribution is -2.29. The van der Waals surface area contributed by atoms with Gasteiger partial charge in [0.05, 0.1) is 23.1 Å². The van der Waals surface area contributed by atoms with Crippen molar-refractivity contribution >= 4 is 28.5 Å². The number of aryl methyl sites for hydroxylation is 1. The standard InChI is InChI=1S/C17H18FN3O2S/c1-10-12(5-7-23-10)15(22)20-14-9-11(3-4-13(14)18)17(2)6-8-24-16(19)21-17/h3-5,7,9H,6,8H2,1-2H3,(H2,19,21)(H,20,22). The number of aliphatic imine (C=N–C) groups is 1. The fraction of sp³-hybridized carbons (Fsp3) is 0.294. The fourth-order valence-electron chi connectivity index (χ4n) is 2.66. The van der Waals surface area contributed by atoms with Gasteiger partial charge < -0.3 is 15.5 Å². The number of benzene rings is 1. The summed E-state index contributed by atoms with van der Waals surface area (Å²) in [5.74, 6) is 0.417. The zero-order valence-corrected chi connectivity index (χ0v) is 14.2. The molecule has 7 heteroatoms. The third-order valence-corrected chi connectivity index (χ3v) is 4.93. The maximum absolute atomic E-state index is 14.1. The van der Waals surface area contributed by atoms with E-state index in [-0.39, 0.29) is 5.69 Å². The lowest BCUT2D eigenvalue weighted by atomic mass is 9.89. The minimum Gasteiger partial charge on any atom is -0.469 e. The van der Waals surface area contributed by atoms with Gasteiger partial charge in [-0.1, -0.05) is 17.8 Å². The van der Waals surface area contributed by atoms with Gasteiger partial charge in [-0.25, -0.2) is 4.39 Å². The van der Waals surface area contributed by atoms with Gasteiger partial charge in [0.25, 0.3) is 5.91 Å². The van der Waals surface area contributed by atoms with Gasteiger partial charge in [-0.3, -0.25) is 9.79 Å². The van der Waals surface area contributed by atoms with Crippen LogP contribution in [0.4, 0.5) is 10.1 Å². The van der Waals surface area contributed by atoms with Gasteiger partial charge in [-0.05, 0) is 44.0 Å². The molecule has 0 bridgehead atoms. The zero-order chi connectivity index (χ0) is 17.3. The normalized spacial score (nSPS) is 20.5. The van der Waals surface area contributed by atoms with Crippen LogP contribution in [-0.2, 0) is 5.54 Å². The third kappa shape index (κ3) is 3.17. The zero-order valence-electron chi connectivity index (χ0n) is 13.4. The predicted octanol–water partition coefficient (Wildman–Crippen LogP) is 3.65. The first-order valence-corrected chi connectivity index (χ1v) is 8.51. The Bertz CT molecular complexity index is 818. The molecule has 2 heterocycles. The molecule has 126 valence electrons. The number of thioether (sulfide) groups is 1.